The Labute approximate surface area is 308 Å². The molecule has 10 heteroatoms. The minimum absolute atomic E-state index is 0.170. The van der Waals surface area contributed by atoms with Gasteiger partial charge in [0.2, 0.25) is 0 Å². The molecule has 0 aromatic heterocycles. The van der Waals surface area contributed by atoms with E-state index in [9.17, 15) is 5.11 Å². The Morgan fingerprint density at radius 3 is 1.38 bits per heavy atom. The van der Waals surface area contributed by atoms with Gasteiger partial charge in [-0.15, -0.1) is 0 Å². The lowest BCUT2D eigenvalue weighted by Gasteiger charge is -2.42. The molecule has 6 rings (SSSR count). The van der Waals surface area contributed by atoms with Crippen LogP contribution in [0.2, 0.25) is 30.1 Å². The molecule has 4 aromatic carbocycles. The normalized spacial score (nSPS) is 21.3. The Morgan fingerprint density at radius 1 is 0.574 bits per heavy atom. The number of rotatable bonds is 7. The molecule has 2 aliphatic rings. The van der Waals surface area contributed by atoms with Crippen LogP contribution in [-0.2, 0) is 4.74 Å². The molecule has 0 unspecified atom stereocenters. The lowest BCUT2D eigenvalue weighted by molar-refractivity contribution is 0.137. The van der Waals surface area contributed by atoms with E-state index >= 15 is 0 Å². The molecule has 4 atom stereocenters. The van der Waals surface area contributed by atoms with Gasteiger partial charge in [0.25, 0.3) is 0 Å². The number of benzene rings is 4. The summed E-state index contributed by atoms with van der Waals surface area (Å²) in [4.78, 5) is 4.70. The van der Waals surface area contributed by atoms with E-state index in [0.29, 0.717) is 26.0 Å². The number of halogens is 6. The number of piperidine rings is 2. The smallest absolute Gasteiger partial charge is 0.0557 e. The van der Waals surface area contributed by atoms with E-state index in [1.807, 2.05) is 66.7 Å². The van der Waals surface area contributed by atoms with Gasteiger partial charge in [0, 0.05) is 68.3 Å². The quantitative estimate of drug-likeness (QED) is 0.204. The number of aliphatic hydroxyl groups excluding tert-OH is 1. The van der Waals surface area contributed by atoms with Crippen molar-refractivity contribution < 1.29 is 9.84 Å². The lowest BCUT2D eigenvalue weighted by atomic mass is 9.88. The van der Waals surface area contributed by atoms with E-state index in [1.54, 1.807) is 13.2 Å². The molecule has 2 aliphatic heterocycles. The summed E-state index contributed by atoms with van der Waals surface area (Å²) in [6, 6.07) is 27.6. The lowest BCUT2D eigenvalue weighted by Crippen LogP contribution is -2.39. The highest BCUT2D eigenvalue weighted by molar-refractivity contribution is 6.35. The Kier molecular flexibility index (Phi) is 13.3. The van der Waals surface area contributed by atoms with Crippen LogP contribution in [0.3, 0.4) is 0 Å². The molecule has 2 saturated heterocycles. The van der Waals surface area contributed by atoms with E-state index < -0.39 is 0 Å². The largest absolute Gasteiger partial charge is 0.396 e. The van der Waals surface area contributed by atoms with Crippen LogP contribution in [0.1, 0.15) is 48.9 Å². The van der Waals surface area contributed by atoms with Gasteiger partial charge in [-0.25, -0.2) is 0 Å². The first-order valence-corrected chi connectivity index (χ1v) is 18.0. The van der Waals surface area contributed by atoms with Gasteiger partial charge in [0.15, 0.2) is 0 Å². The zero-order valence-corrected chi connectivity index (χ0v) is 30.6. The van der Waals surface area contributed by atoms with E-state index in [2.05, 4.69) is 21.9 Å². The summed E-state index contributed by atoms with van der Waals surface area (Å²) in [6.45, 7) is 2.69. The first kappa shape index (κ1) is 36.4. The van der Waals surface area contributed by atoms with E-state index in [-0.39, 0.29) is 24.6 Å². The van der Waals surface area contributed by atoms with Crippen LogP contribution in [-0.4, -0.2) is 38.5 Å². The van der Waals surface area contributed by atoms with Crippen molar-refractivity contribution in [2.75, 3.05) is 43.2 Å². The molecular weight excluding hydrogens is 717 g/mol. The maximum absolute atomic E-state index is 9.56. The average Bonchev–Trinajstić information content (AvgIpc) is 3.06. The minimum atomic E-state index is 0.170. The number of anilines is 2. The fourth-order valence-electron chi connectivity index (χ4n) is 6.64. The summed E-state index contributed by atoms with van der Waals surface area (Å²) in [6.07, 6.45) is 4.05. The zero-order chi connectivity index (χ0) is 33.5. The monoisotopic (exact) mass is 752 g/mol. The first-order valence-electron chi connectivity index (χ1n) is 15.7. The number of hydrogen-bond acceptors (Lipinski definition) is 4. The number of ether oxygens (including phenoxy) is 1. The predicted octanol–water partition coefficient (Wildman–Crippen LogP) is 11.8. The minimum Gasteiger partial charge on any atom is -0.396 e. The van der Waals surface area contributed by atoms with Crippen molar-refractivity contribution in [1.29, 1.82) is 0 Å². The molecule has 250 valence electrons. The van der Waals surface area contributed by atoms with Gasteiger partial charge in [-0.3, -0.25) is 0 Å². The number of nitrogens with zero attached hydrogens (tertiary/aromatic N) is 2. The third kappa shape index (κ3) is 9.44. The van der Waals surface area contributed by atoms with Gasteiger partial charge in [-0.1, -0.05) is 81.7 Å². The SMILES string of the molecule is COC[C@@H]1CC[C@H](c2ccc(Cl)cc2Cl)N(c2ccc(Cl)cc2)C1.OC[C@@H]1CC[C@H](c2ccc(Cl)cc2Cl)N(c2ccc(Cl)cc2)C1. The van der Waals surface area contributed by atoms with Crippen molar-refractivity contribution in [3.63, 3.8) is 0 Å². The van der Waals surface area contributed by atoms with Crippen LogP contribution in [0.25, 0.3) is 0 Å². The second kappa shape index (κ2) is 17.2. The molecule has 0 amide bonds. The highest BCUT2D eigenvalue weighted by Gasteiger charge is 2.32. The molecule has 0 radical (unpaired) electrons. The van der Waals surface area contributed by atoms with Crippen LogP contribution < -0.4 is 9.80 Å². The Hall–Kier alpha value is -1.86. The van der Waals surface area contributed by atoms with Crippen molar-refractivity contribution in [1.82, 2.24) is 0 Å². The van der Waals surface area contributed by atoms with Gasteiger partial charge in [0.05, 0.1) is 18.7 Å². The highest BCUT2D eigenvalue weighted by Crippen LogP contribution is 2.42. The summed E-state index contributed by atoms with van der Waals surface area (Å²) < 4.78 is 5.37. The molecule has 2 heterocycles. The fraction of sp³-hybridized carbons (Fsp3) is 0.351. The van der Waals surface area contributed by atoms with Crippen LogP contribution in [0.15, 0.2) is 84.9 Å². The fourth-order valence-corrected chi connectivity index (χ4v) is 7.96. The average molecular weight is 755 g/mol. The van der Waals surface area contributed by atoms with Gasteiger partial charge < -0.3 is 19.6 Å². The number of hydrogen-bond donors (Lipinski definition) is 1. The van der Waals surface area contributed by atoms with Gasteiger partial charge in [-0.2, -0.15) is 0 Å². The molecular formula is C37H38Cl6N2O2. The molecule has 0 bridgehead atoms. The molecule has 4 aromatic rings. The Bertz CT molecular complexity index is 1600. The summed E-state index contributed by atoms with van der Waals surface area (Å²) in [7, 11) is 1.76. The summed E-state index contributed by atoms with van der Waals surface area (Å²) in [5, 5.41) is 13.7. The molecule has 0 saturated carbocycles. The van der Waals surface area contributed by atoms with Gasteiger partial charge in [0.1, 0.15) is 0 Å². The first-order chi connectivity index (χ1) is 22.7. The number of aliphatic hydroxyl groups is 1. The zero-order valence-electron chi connectivity index (χ0n) is 26.1. The van der Waals surface area contributed by atoms with Crippen LogP contribution in [0.5, 0.6) is 0 Å². The predicted molar refractivity (Wildman–Crippen MR) is 200 cm³/mol. The summed E-state index contributed by atoms with van der Waals surface area (Å²) in [5.74, 6) is 0.779. The maximum atomic E-state index is 9.56. The second-order valence-electron chi connectivity index (χ2n) is 12.1. The Balaban J connectivity index is 0.000000185. The summed E-state index contributed by atoms with van der Waals surface area (Å²) >= 11 is 37.1. The van der Waals surface area contributed by atoms with Crippen LogP contribution in [0, 0.1) is 11.8 Å². The third-order valence-corrected chi connectivity index (χ3v) is 10.6. The van der Waals surface area contributed by atoms with Gasteiger partial charge in [-0.05, 0) is 121 Å². The summed E-state index contributed by atoms with van der Waals surface area (Å²) in [5.41, 5.74) is 4.43. The second-order valence-corrected chi connectivity index (χ2v) is 14.7. The Morgan fingerprint density at radius 2 is 0.979 bits per heavy atom. The molecule has 2 fully saturated rings. The highest BCUT2D eigenvalue weighted by atomic mass is 35.5. The van der Waals surface area contributed by atoms with E-state index in [4.69, 9.17) is 74.3 Å². The van der Waals surface area contributed by atoms with E-state index in [1.165, 1.54) is 0 Å². The maximum Gasteiger partial charge on any atom is 0.0557 e. The standard InChI is InChI=1S/C19H20Cl3NO.C18H18Cl3NO/c1-24-12-13-2-9-19(17-8-5-15(21)10-18(17)22)23(11-13)16-6-3-14(20)4-7-16;19-13-2-5-15(6-3-13)22-10-12(11-23)1-8-18(22)16-7-4-14(20)9-17(16)21/h3-8,10,13,19H,2,9,11-12H2,1H3;2-7,9,12,18,23H,1,8,10-11H2/t13-,19-;12-,18-/m11/s1. The third-order valence-electron chi connectivity index (χ3n) is 8.98. The van der Waals surface area contributed by atoms with E-state index in [0.717, 1.165) is 77.9 Å². The van der Waals surface area contributed by atoms with Crippen LogP contribution >= 0.6 is 69.6 Å². The van der Waals surface area contributed by atoms with Crippen molar-refractivity contribution >= 4 is 81.0 Å². The topological polar surface area (TPSA) is 35.9 Å². The van der Waals surface area contributed by atoms with Crippen LogP contribution in [0.4, 0.5) is 11.4 Å². The van der Waals surface area contributed by atoms with Gasteiger partial charge >= 0.3 is 0 Å². The number of methoxy groups -OCH3 is 1. The van der Waals surface area contributed by atoms with Crippen molar-refractivity contribution in [3.8, 4) is 0 Å². The molecule has 0 aliphatic carbocycles. The molecule has 47 heavy (non-hydrogen) atoms. The van der Waals surface area contributed by atoms with Crippen molar-refractivity contribution in [3.05, 3.63) is 126 Å². The molecule has 1 N–H and O–H groups in total. The molecule has 4 nitrogen and oxygen atoms in total. The van der Waals surface area contributed by atoms with Crippen molar-refractivity contribution in [2.24, 2.45) is 11.8 Å². The van der Waals surface area contributed by atoms with Crippen molar-refractivity contribution in [2.45, 2.75) is 37.8 Å². The molecule has 0 spiro atoms.